The fourth-order valence-corrected chi connectivity index (χ4v) is 7.11. The number of nitrogens with zero attached hydrogens (tertiary/aromatic N) is 2. The number of ether oxygens (including phenoxy) is 1. The SMILES string of the molecule is CC(=O)O[C@H](C)c1ccc2ccc(C=C[C@@H](C(=O)N[C@H](C(=O)N[C@@H](C)C(=O)N3CCC[C@@H](C(=O)O)N3)C(C)C)[C@@H](C)O[Si](C)(C)C(C)(C)C)cc2n1. The van der Waals surface area contributed by atoms with Crippen LogP contribution in [0.4, 0.5) is 0 Å². The molecule has 0 radical (unpaired) electrons. The molecule has 6 atom stereocenters. The molecule has 1 aliphatic rings. The number of fused-ring (bicyclic) bond motifs is 1. The summed E-state index contributed by atoms with van der Waals surface area (Å²) < 4.78 is 12.0. The van der Waals surface area contributed by atoms with Crippen LogP contribution in [-0.2, 0) is 33.1 Å². The number of rotatable bonds is 14. The number of hydrogen-bond acceptors (Lipinski definition) is 9. The predicted molar refractivity (Wildman–Crippen MR) is 202 cm³/mol. The normalized spacial score (nSPS) is 18.4. The summed E-state index contributed by atoms with van der Waals surface area (Å²) in [7, 11) is -2.32. The second kappa shape index (κ2) is 17.6. The highest BCUT2D eigenvalue weighted by Gasteiger charge is 2.41. The lowest BCUT2D eigenvalue weighted by Crippen LogP contribution is -2.61. The van der Waals surface area contributed by atoms with Crippen molar-refractivity contribution in [3.8, 4) is 0 Å². The fourth-order valence-electron chi connectivity index (χ4n) is 5.68. The van der Waals surface area contributed by atoms with E-state index in [0.717, 1.165) is 10.9 Å². The molecule has 14 heteroatoms. The molecule has 2 heterocycles. The van der Waals surface area contributed by atoms with Gasteiger partial charge in [0.15, 0.2) is 8.32 Å². The average molecular weight is 740 g/mol. The van der Waals surface area contributed by atoms with Crippen molar-refractivity contribution >= 4 is 55.0 Å². The lowest BCUT2D eigenvalue weighted by Gasteiger charge is -2.40. The number of pyridine rings is 1. The predicted octanol–water partition coefficient (Wildman–Crippen LogP) is 5.12. The van der Waals surface area contributed by atoms with Crippen LogP contribution in [0.25, 0.3) is 17.0 Å². The molecule has 1 aromatic heterocycles. The molecule has 1 aliphatic heterocycles. The summed E-state index contributed by atoms with van der Waals surface area (Å²) in [5.74, 6) is -3.97. The number of aliphatic carboxylic acids is 1. The van der Waals surface area contributed by atoms with Crippen molar-refractivity contribution in [3.63, 3.8) is 0 Å². The van der Waals surface area contributed by atoms with Gasteiger partial charge in [-0.15, -0.1) is 0 Å². The lowest BCUT2D eigenvalue weighted by atomic mass is 9.97. The summed E-state index contributed by atoms with van der Waals surface area (Å²) in [6, 6.07) is 6.65. The number of carbonyl (C=O) groups excluding carboxylic acids is 4. The second-order valence-corrected chi connectivity index (χ2v) is 20.3. The minimum absolute atomic E-state index is 0.117. The third-order valence-electron chi connectivity index (χ3n) is 9.81. The standard InChI is InChI=1S/C38H57N5O8Si/c1-22(2)33(35(46)39-23(3)36(47)43-20-12-13-31(42-43)37(48)49)41-34(45)29(24(4)51-52(10,11)38(7,8)9)18-15-27-14-16-28-17-19-30(40-32(28)21-27)25(5)50-26(6)44/h14-19,21-25,29,31,33,42H,12-13,20H2,1-11H3,(H,39,46)(H,41,45)(H,48,49)/t23-,24+,25+,29+,31-,33-/m0/s1. The summed E-state index contributed by atoms with van der Waals surface area (Å²) in [6.07, 6.45) is 3.46. The fraction of sp³-hybridized carbons (Fsp3) is 0.579. The number of carbonyl (C=O) groups is 5. The maximum Gasteiger partial charge on any atom is 0.322 e. The second-order valence-electron chi connectivity index (χ2n) is 15.5. The van der Waals surface area contributed by atoms with Crippen molar-refractivity contribution in [2.45, 2.75) is 124 Å². The Morgan fingerprint density at radius 3 is 2.27 bits per heavy atom. The number of hydrogen-bond donors (Lipinski definition) is 4. The average Bonchev–Trinajstić information content (AvgIpc) is 3.05. The van der Waals surface area contributed by atoms with Crippen molar-refractivity contribution in [1.29, 1.82) is 0 Å². The Hall–Kier alpha value is -4.14. The van der Waals surface area contributed by atoms with Crippen LogP contribution < -0.4 is 16.1 Å². The van der Waals surface area contributed by atoms with Crippen LogP contribution in [0.2, 0.25) is 18.1 Å². The molecule has 1 fully saturated rings. The van der Waals surface area contributed by atoms with Gasteiger partial charge in [0, 0.05) is 18.9 Å². The monoisotopic (exact) mass is 739 g/mol. The first-order valence-corrected chi connectivity index (χ1v) is 20.9. The van der Waals surface area contributed by atoms with Crippen LogP contribution in [0.5, 0.6) is 0 Å². The van der Waals surface area contributed by atoms with E-state index in [-0.39, 0.29) is 11.0 Å². The van der Waals surface area contributed by atoms with E-state index >= 15 is 0 Å². The summed E-state index contributed by atoms with van der Waals surface area (Å²) in [6.45, 7) is 21.0. The number of hydrazine groups is 1. The molecule has 4 N–H and O–H groups in total. The topological polar surface area (TPSA) is 176 Å². The van der Waals surface area contributed by atoms with E-state index in [2.05, 4.69) is 49.9 Å². The summed E-state index contributed by atoms with van der Waals surface area (Å²) in [4.78, 5) is 68.6. The zero-order valence-corrected chi connectivity index (χ0v) is 33.4. The number of carboxylic acids is 1. The van der Waals surface area contributed by atoms with Gasteiger partial charge in [0.1, 0.15) is 24.2 Å². The Labute approximate surface area is 308 Å². The van der Waals surface area contributed by atoms with Crippen LogP contribution >= 0.6 is 0 Å². The number of esters is 1. The molecule has 0 aliphatic carbocycles. The molecule has 3 rings (SSSR count). The van der Waals surface area contributed by atoms with Gasteiger partial charge in [-0.2, -0.15) is 0 Å². The molecule has 13 nitrogen and oxygen atoms in total. The lowest BCUT2D eigenvalue weighted by molar-refractivity contribution is -0.149. The van der Waals surface area contributed by atoms with Crippen molar-refractivity contribution < 1.29 is 38.2 Å². The molecule has 0 bridgehead atoms. The number of carboxylic acid groups (broad SMARTS) is 1. The molecule has 3 amide bonds. The third-order valence-corrected chi connectivity index (χ3v) is 14.4. The first-order chi connectivity index (χ1) is 24.1. The van der Waals surface area contributed by atoms with E-state index in [1.165, 1.54) is 18.9 Å². The molecule has 286 valence electrons. The van der Waals surface area contributed by atoms with E-state index in [1.807, 2.05) is 43.3 Å². The number of amides is 3. The van der Waals surface area contributed by atoms with Gasteiger partial charge in [0.2, 0.25) is 11.8 Å². The Bertz CT molecular complexity index is 1660. The number of nitrogens with one attached hydrogen (secondary N) is 3. The van der Waals surface area contributed by atoms with Crippen LogP contribution in [0.1, 0.15) is 92.5 Å². The van der Waals surface area contributed by atoms with Gasteiger partial charge in [0.05, 0.1) is 23.2 Å². The molecule has 1 saturated heterocycles. The van der Waals surface area contributed by atoms with Gasteiger partial charge in [-0.1, -0.05) is 65.0 Å². The van der Waals surface area contributed by atoms with E-state index in [4.69, 9.17) is 14.1 Å². The third kappa shape index (κ3) is 11.2. The largest absolute Gasteiger partial charge is 0.480 e. The quantitative estimate of drug-likeness (QED) is 0.150. The number of aromatic nitrogens is 1. The Kier molecular flexibility index (Phi) is 14.3. The van der Waals surface area contributed by atoms with Crippen molar-refractivity contribution in [2.75, 3.05) is 6.54 Å². The Balaban J connectivity index is 1.87. The first kappa shape index (κ1) is 42.3. The summed E-state index contributed by atoms with van der Waals surface area (Å²) in [5, 5.41) is 17.1. The molecular weight excluding hydrogens is 683 g/mol. The van der Waals surface area contributed by atoms with Gasteiger partial charge in [-0.3, -0.25) is 29.0 Å². The van der Waals surface area contributed by atoms with Gasteiger partial charge < -0.3 is 24.9 Å². The zero-order chi connectivity index (χ0) is 39.1. The van der Waals surface area contributed by atoms with Crippen LogP contribution in [0.3, 0.4) is 0 Å². The van der Waals surface area contributed by atoms with E-state index in [0.29, 0.717) is 30.6 Å². The van der Waals surface area contributed by atoms with Crippen LogP contribution in [-0.4, -0.2) is 83.9 Å². The highest BCUT2D eigenvalue weighted by Crippen LogP contribution is 2.38. The highest BCUT2D eigenvalue weighted by molar-refractivity contribution is 6.74. The maximum atomic E-state index is 14.1. The Morgan fingerprint density at radius 1 is 1.02 bits per heavy atom. The van der Waals surface area contributed by atoms with E-state index in [1.54, 1.807) is 26.8 Å². The number of benzene rings is 1. The smallest absolute Gasteiger partial charge is 0.322 e. The highest BCUT2D eigenvalue weighted by atomic mass is 28.4. The van der Waals surface area contributed by atoms with Crippen LogP contribution in [0.15, 0.2) is 36.4 Å². The first-order valence-electron chi connectivity index (χ1n) is 18.0. The van der Waals surface area contributed by atoms with Crippen molar-refractivity contribution in [2.24, 2.45) is 11.8 Å². The summed E-state index contributed by atoms with van der Waals surface area (Å²) >= 11 is 0. The van der Waals surface area contributed by atoms with Crippen molar-refractivity contribution in [3.05, 3.63) is 47.7 Å². The Morgan fingerprint density at radius 2 is 1.67 bits per heavy atom. The molecule has 1 aromatic carbocycles. The van der Waals surface area contributed by atoms with Crippen molar-refractivity contribution in [1.82, 2.24) is 26.1 Å². The molecule has 2 aromatic rings. The summed E-state index contributed by atoms with van der Waals surface area (Å²) in [5.41, 5.74) is 4.82. The van der Waals surface area contributed by atoms with Gasteiger partial charge in [-0.05, 0) is 75.4 Å². The molecule has 0 saturated carbocycles. The maximum absolute atomic E-state index is 14.1. The zero-order valence-electron chi connectivity index (χ0n) is 32.4. The molecule has 0 spiro atoms. The minimum Gasteiger partial charge on any atom is -0.480 e. The van der Waals surface area contributed by atoms with Gasteiger partial charge >= 0.3 is 11.9 Å². The molecular formula is C38H57N5O8Si. The van der Waals surface area contributed by atoms with Gasteiger partial charge in [-0.25, -0.2) is 10.4 Å². The van der Waals surface area contributed by atoms with E-state index < -0.39 is 74.2 Å². The van der Waals surface area contributed by atoms with Gasteiger partial charge in [0.25, 0.3) is 5.91 Å². The molecule has 52 heavy (non-hydrogen) atoms. The minimum atomic E-state index is -2.32. The van der Waals surface area contributed by atoms with E-state index in [9.17, 15) is 29.1 Å². The molecule has 0 unspecified atom stereocenters. The van der Waals surface area contributed by atoms with Crippen LogP contribution in [0, 0.1) is 11.8 Å².